The first kappa shape index (κ1) is 31.0. The first-order valence-electron chi connectivity index (χ1n) is 12.1. The molecule has 0 bridgehead atoms. The number of carbonyl (C=O) groups excluding carboxylic acids is 6. The smallest absolute Gasteiger partial charge is 0.302 e. The minimum Gasteiger partial charge on any atom is -0.461 e. The van der Waals surface area contributed by atoms with Crippen molar-refractivity contribution in [1.29, 1.82) is 0 Å². The number of benzene rings is 1. The maximum absolute atomic E-state index is 12.7. The second kappa shape index (κ2) is 15.2. The maximum Gasteiger partial charge on any atom is 0.302 e. The number of imide groups is 1. The molecule has 1 aliphatic rings. The minimum absolute atomic E-state index is 0.0958. The molecule has 11 heteroatoms. The van der Waals surface area contributed by atoms with Crippen LogP contribution in [-0.4, -0.2) is 59.0 Å². The molecule has 2 atom stereocenters. The summed E-state index contributed by atoms with van der Waals surface area (Å²) in [4.78, 5) is 72.6. The SMILES string of the molecule is CC.CC(=O)OCc1ccc(NC(=O)C(C)NC(=O)C(NC(=O)CCN2C(=O)C=CC2=O)C(C)C)cc1. The van der Waals surface area contributed by atoms with Crippen molar-refractivity contribution in [3.8, 4) is 0 Å². The second-order valence-electron chi connectivity index (χ2n) is 8.40. The van der Waals surface area contributed by atoms with Crippen molar-refractivity contribution in [2.75, 3.05) is 11.9 Å². The van der Waals surface area contributed by atoms with Gasteiger partial charge in [-0.25, -0.2) is 0 Å². The summed E-state index contributed by atoms with van der Waals surface area (Å²) in [6.07, 6.45) is 2.11. The van der Waals surface area contributed by atoms with Gasteiger partial charge in [-0.15, -0.1) is 0 Å². The topological polar surface area (TPSA) is 151 Å². The van der Waals surface area contributed by atoms with Gasteiger partial charge in [-0.1, -0.05) is 39.8 Å². The number of nitrogens with zero attached hydrogens (tertiary/aromatic N) is 1. The molecular formula is C26H36N4O7. The first-order valence-corrected chi connectivity index (χ1v) is 12.1. The Morgan fingerprint density at radius 1 is 0.892 bits per heavy atom. The van der Waals surface area contributed by atoms with Gasteiger partial charge in [0, 0.05) is 37.7 Å². The summed E-state index contributed by atoms with van der Waals surface area (Å²) >= 11 is 0. The molecule has 3 N–H and O–H groups in total. The molecule has 11 nitrogen and oxygen atoms in total. The number of anilines is 1. The van der Waals surface area contributed by atoms with Crippen molar-refractivity contribution in [2.24, 2.45) is 5.92 Å². The molecule has 0 radical (unpaired) electrons. The second-order valence-corrected chi connectivity index (χ2v) is 8.40. The zero-order valence-electron chi connectivity index (χ0n) is 22.1. The van der Waals surface area contributed by atoms with E-state index in [1.165, 1.54) is 13.8 Å². The molecule has 0 saturated carbocycles. The minimum atomic E-state index is -0.915. The molecule has 1 aromatic rings. The molecule has 0 aliphatic carbocycles. The lowest BCUT2D eigenvalue weighted by molar-refractivity contribution is -0.142. The van der Waals surface area contributed by atoms with E-state index in [0.29, 0.717) is 5.69 Å². The van der Waals surface area contributed by atoms with E-state index in [4.69, 9.17) is 4.74 Å². The molecule has 5 amide bonds. The lowest BCUT2D eigenvalue weighted by Gasteiger charge is -2.24. The van der Waals surface area contributed by atoms with E-state index >= 15 is 0 Å². The molecule has 37 heavy (non-hydrogen) atoms. The van der Waals surface area contributed by atoms with Crippen LogP contribution in [0.1, 0.15) is 53.5 Å². The Morgan fingerprint density at radius 2 is 1.46 bits per heavy atom. The van der Waals surface area contributed by atoms with Crippen molar-refractivity contribution >= 4 is 41.2 Å². The van der Waals surface area contributed by atoms with Gasteiger partial charge in [-0.05, 0) is 30.5 Å². The summed E-state index contributed by atoms with van der Waals surface area (Å²) in [7, 11) is 0. The highest BCUT2D eigenvalue weighted by molar-refractivity contribution is 6.13. The van der Waals surface area contributed by atoms with Gasteiger partial charge in [0.2, 0.25) is 17.7 Å². The zero-order valence-corrected chi connectivity index (χ0v) is 22.1. The van der Waals surface area contributed by atoms with Crippen molar-refractivity contribution in [3.63, 3.8) is 0 Å². The van der Waals surface area contributed by atoms with Gasteiger partial charge in [0.25, 0.3) is 11.8 Å². The number of hydrogen-bond acceptors (Lipinski definition) is 7. The predicted octanol–water partition coefficient (Wildman–Crippen LogP) is 1.68. The van der Waals surface area contributed by atoms with Crippen LogP contribution in [0, 0.1) is 5.92 Å². The Morgan fingerprint density at radius 3 is 1.97 bits per heavy atom. The van der Waals surface area contributed by atoms with Crippen LogP contribution in [-0.2, 0) is 40.1 Å². The fourth-order valence-corrected chi connectivity index (χ4v) is 3.13. The van der Waals surface area contributed by atoms with E-state index in [1.807, 2.05) is 13.8 Å². The van der Waals surface area contributed by atoms with Crippen molar-refractivity contribution in [1.82, 2.24) is 15.5 Å². The van der Waals surface area contributed by atoms with Gasteiger partial charge in [-0.2, -0.15) is 0 Å². The average molecular weight is 517 g/mol. The standard InChI is InChI=1S/C24H30N4O7.C2H6/c1-14(2)22(27-19(30)11-12-28-20(31)9-10-21(28)32)24(34)25-15(3)23(33)26-18-7-5-17(6-8-18)13-35-16(4)29;1-2/h5-10,14-15,22H,11-13H2,1-4H3,(H,25,34)(H,26,33)(H,27,30);1-2H3. The molecule has 202 valence electrons. The fourth-order valence-electron chi connectivity index (χ4n) is 3.13. The summed E-state index contributed by atoms with van der Waals surface area (Å²) in [6.45, 7) is 10.3. The summed E-state index contributed by atoms with van der Waals surface area (Å²) in [5, 5.41) is 7.88. The third-order valence-corrected chi connectivity index (χ3v) is 5.14. The number of amides is 5. The van der Waals surface area contributed by atoms with Crippen LogP contribution in [0.4, 0.5) is 5.69 Å². The quantitative estimate of drug-likeness (QED) is 0.299. The third-order valence-electron chi connectivity index (χ3n) is 5.14. The van der Waals surface area contributed by atoms with E-state index < -0.39 is 47.6 Å². The van der Waals surface area contributed by atoms with Gasteiger partial charge in [0.15, 0.2) is 0 Å². The van der Waals surface area contributed by atoms with Crippen LogP contribution in [0.15, 0.2) is 36.4 Å². The van der Waals surface area contributed by atoms with Crippen molar-refractivity contribution in [3.05, 3.63) is 42.0 Å². The summed E-state index contributed by atoms with van der Waals surface area (Å²) in [5.41, 5.74) is 1.25. The highest BCUT2D eigenvalue weighted by Gasteiger charge is 2.28. The van der Waals surface area contributed by atoms with Crippen LogP contribution in [0.5, 0.6) is 0 Å². The molecular weight excluding hydrogens is 480 g/mol. The van der Waals surface area contributed by atoms with E-state index in [-0.39, 0.29) is 25.5 Å². The zero-order chi connectivity index (χ0) is 28.1. The normalized spacial score (nSPS) is 13.9. The maximum atomic E-state index is 12.7. The van der Waals surface area contributed by atoms with Crippen LogP contribution < -0.4 is 16.0 Å². The van der Waals surface area contributed by atoms with Crippen LogP contribution in [0.25, 0.3) is 0 Å². The lowest BCUT2D eigenvalue weighted by Crippen LogP contribution is -2.54. The molecule has 1 heterocycles. The number of esters is 1. The average Bonchev–Trinajstić information content (AvgIpc) is 3.18. The Bertz CT molecular complexity index is 1000. The van der Waals surface area contributed by atoms with Gasteiger partial charge in [0.1, 0.15) is 18.7 Å². The largest absolute Gasteiger partial charge is 0.461 e. The van der Waals surface area contributed by atoms with Crippen LogP contribution >= 0.6 is 0 Å². The summed E-state index contributed by atoms with van der Waals surface area (Å²) < 4.78 is 4.91. The van der Waals surface area contributed by atoms with Gasteiger partial charge in [0.05, 0.1) is 0 Å². The highest BCUT2D eigenvalue weighted by Crippen LogP contribution is 2.11. The van der Waals surface area contributed by atoms with E-state index in [1.54, 1.807) is 38.1 Å². The number of hydrogen-bond donors (Lipinski definition) is 3. The fraction of sp³-hybridized carbons (Fsp3) is 0.462. The number of nitrogens with one attached hydrogen (secondary N) is 3. The Kier molecular flexibility index (Phi) is 12.7. The summed E-state index contributed by atoms with van der Waals surface area (Å²) in [6, 6.07) is 4.88. The number of ether oxygens (including phenoxy) is 1. The Balaban J connectivity index is 0.00000334. The van der Waals surface area contributed by atoms with Gasteiger partial charge in [-0.3, -0.25) is 33.7 Å². The molecule has 1 aromatic carbocycles. The van der Waals surface area contributed by atoms with E-state index in [0.717, 1.165) is 22.6 Å². The van der Waals surface area contributed by atoms with E-state index in [9.17, 15) is 28.8 Å². The third kappa shape index (κ3) is 10.2. The molecule has 2 rings (SSSR count). The Labute approximate surface area is 217 Å². The first-order chi connectivity index (χ1) is 17.5. The van der Waals surface area contributed by atoms with Gasteiger partial charge >= 0.3 is 5.97 Å². The molecule has 1 aliphatic heterocycles. The van der Waals surface area contributed by atoms with Crippen LogP contribution in [0.2, 0.25) is 0 Å². The molecule has 0 spiro atoms. The van der Waals surface area contributed by atoms with Crippen LogP contribution in [0.3, 0.4) is 0 Å². The highest BCUT2D eigenvalue weighted by atomic mass is 16.5. The lowest BCUT2D eigenvalue weighted by atomic mass is 10.0. The molecule has 0 aromatic heterocycles. The molecule has 0 saturated heterocycles. The van der Waals surface area contributed by atoms with Gasteiger partial charge < -0.3 is 20.7 Å². The molecule has 0 fully saturated rings. The van der Waals surface area contributed by atoms with Crippen molar-refractivity contribution in [2.45, 2.75) is 66.7 Å². The molecule has 2 unspecified atom stereocenters. The van der Waals surface area contributed by atoms with E-state index in [2.05, 4.69) is 16.0 Å². The number of rotatable bonds is 11. The monoisotopic (exact) mass is 516 g/mol. The Hall–Kier alpha value is -4.02. The number of carbonyl (C=O) groups is 6. The van der Waals surface area contributed by atoms with Crippen molar-refractivity contribution < 1.29 is 33.5 Å². The predicted molar refractivity (Wildman–Crippen MR) is 137 cm³/mol. The summed E-state index contributed by atoms with van der Waals surface area (Å²) in [5.74, 6) is -3.15.